The van der Waals surface area contributed by atoms with Crippen LogP contribution in [0.5, 0.6) is 0 Å². The van der Waals surface area contributed by atoms with Crippen molar-refractivity contribution in [1.82, 2.24) is 9.97 Å². The van der Waals surface area contributed by atoms with Crippen molar-refractivity contribution in [3.8, 4) is 0 Å². The fourth-order valence-corrected chi connectivity index (χ4v) is 2.60. The number of anilines is 1. The Bertz CT molecular complexity index is 879. The summed E-state index contributed by atoms with van der Waals surface area (Å²) >= 11 is 0. The number of rotatable bonds is 0. The summed E-state index contributed by atoms with van der Waals surface area (Å²) in [5.74, 6) is -2.54. The van der Waals surface area contributed by atoms with Crippen LogP contribution in [0.1, 0.15) is 12.0 Å². The largest absolute Gasteiger partial charge is 0.474 e. The molecule has 108 valence electrons. The number of aromatic amines is 2. The molecule has 1 aliphatic rings. The van der Waals surface area contributed by atoms with Crippen LogP contribution < -0.4 is 16.0 Å². The van der Waals surface area contributed by atoms with Crippen molar-refractivity contribution < 1.29 is 14.7 Å². The Kier molecular flexibility index (Phi) is 2.86. The van der Waals surface area contributed by atoms with Crippen LogP contribution in [-0.2, 0) is 16.0 Å². The number of hydrogen-bond donors (Lipinski definition) is 3. The van der Waals surface area contributed by atoms with E-state index in [0.29, 0.717) is 41.7 Å². The molecule has 0 saturated heterocycles. The molecule has 1 aliphatic heterocycles. The number of nitrogens with zero attached hydrogens (tertiary/aromatic N) is 1. The van der Waals surface area contributed by atoms with Crippen LogP contribution in [0.4, 0.5) is 5.69 Å². The molecule has 2 heterocycles. The number of carbonyl (C=O) groups is 2. The average molecular weight is 289 g/mol. The number of H-pyrrole nitrogens is 2. The Morgan fingerprint density at radius 2 is 1.86 bits per heavy atom. The lowest BCUT2D eigenvalue weighted by atomic mass is 9.99. The summed E-state index contributed by atoms with van der Waals surface area (Å²) in [5.41, 5.74) is 0.447. The zero-order valence-corrected chi connectivity index (χ0v) is 10.8. The van der Waals surface area contributed by atoms with Gasteiger partial charge in [0.2, 0.25) is 0 Å². The minimum absolute atomic E-state index is 0.303. The Hall–Kier alpha value is -2.90. The summed E-state index contributed by atoms with van der Waals surface area (Å²) in [6.45, 7) is 0.303. The van der Waals surface area contributed by atoms with Crippen LogP contribution in [0.2, 0.25) is 0 Å². The molecule has 3 rings (SSSR count). The molecule has 1 aromatic carbocycles. The summed E-state index contributed by atoms with van der Waals surface area (Å²) in [4.78, 5) is 51.5. The van der Waals surface area contributed by atoms with Crippen LogP contribution in [0.3, 0.4) is 0 Å². The molecule has 0 atom stereocenters. The number of fused-ring (bicyclic) bond motifs is 3. The van der Waals surface area contributed by atoms with Crippen molar-refractivity contribution in [3.05, 3.63) is 38.4 Å². The molecular weight excluding hydrogens is 278 g/mol. The van der Waals surface area contributed by atoms with E-state index < -0.39 is 23.0 Å². The molecule has 3 N–H and O–H groups in total. The van der Waals surface area contributed by atoms with Crippen molar-refractivity contribution in [2.75, 3.05) is 11.4 Å². The predicted octanol–water partition coefficient (Wildman–Crippen LogP) is -0.420. The van der Waals surface area contributed by atoms with Crippen LogP contribution >= 0.6 is 0 Å². The molecule has 0 unspecified atom stereocenters. The zero-order valence-electron chi connectivity index (χ0n) is 10.8. The second-order valence-corrected chi connectivity index (χ2v) is 4.76. The van der Waals surface area contributed by atoms with Crippen LogP contribution in [0.25, 0.3) is 11.0 Å². The number of carboxylic acid groups (broad SMARTS) is 1. The highest BCUT2D eigenvalue weighted by Gasteiger charge is 2.28. The number of nitrogens with one attached hydrogen (secondary N) is 2. The molecule has 0 spiro atoms. The lowest BCUT2D eigenvalue weighted by Crippen LogP contribution is -2.40. The van der Waals surface area contributed by atoms with Gasteiger partial charge in [-0.1, -0.05) is 0 Å². The molecule has 1 amide bonds. The molecule has 0 fully saturated rings. The first kappa shape index (κ1) is 13.1. The van der Waals surface area contributed by atoms with E-state index in [1.807, 2.05) is 0 Å². The molecule has 0 bridgehead atoms. The van der Waals surface area contributed by atoms with Crippen LogP contribution in [0, 0.1) is 0 Å². The van der Waals surface area contributed by atoms with Crippen LogP contribution in [0.15, 0.2) is 21.7 Å². The number of aromatic nitrogens is 2. The van der Waals surface area contributed by atoms with Gasteiger partial charge in [0, 0.05) is 17.8 Å². The maximum Gasteiger partial charge on any atom is 0.394 e. The number of amides is 1. The van der Waals surface area contributed by atoms with E-state index in [0.717, 1.165) is 0 Å². The summed E-state index contributed by atoms with van der Waals surface area (Å²) < 4.78 is 0. The van der Waals surface area contributed by atoms with E-state index in [2.05, 4.69) is 9.97 Å². The SMILES string of the molecule is O=C(O)C(=O)N1CCCc2c1ccc1[nH]c(=O)c(=O)[nH]c21. The highest BCUT2D eigenvalue weighted by Crippen LogP contribution is 2.31. The topological polar surface area (TPSA) is 123 Å². The van der Waals surface area contributed by atoms with Gasteiger partial charge in [-0.05, 0) is 25.0 Å². The lowest BCUT2D eigenvalue weighted by molar-refractivity contribution is -0.148. The minimum Gasteiger partial charge on any atom is -0.474 e. The third-order valence-corrected chi connectivity index (χ3v) is 3.51. The molecule has 1 aromatic heterocycles. The van der Waals surface area contributed by atoms with Gasteiger partial charge in [-0.3, -0.25) is 14.4 Å². The number of aryl methyl sites for hydroxylation is 1. The zero-order chi connectivity index (χ0) is 15.1. The van der Waals surface area contributed by atoms with Gasteiger partial charge in [-0.25, -0.2) is 4.79 Å². The Labute approximate surface area is 117 Å². The van der Waals surface area contributed by atoms with Crippen molar-refractivity contribution in [2.24, 2.45) is 0 Å². The van der Waals surface area contributed by atoms with E-state index >= 15 is 0 Å². The van der Waals surface area contributed by atoms with Gasteiger partial charge >= 0.3 is 23.0 Å². The van der Waals surface area contributed by atoms with Gasteiger partial charge in [-0.2, -0.15) is 0 Å². The third kappa shape index (κ3) is 2.00. The molecular formula is C13H11N3O5. The van der Waals surface area contributed by atoms with Gasteiger partial charge in [0.1, 0.15) is 0 Å². The van der Waals surface area contributed by atoms with Crippen molar-refractivity contribution >= 4 is 28.6 Å². The second kappa shape index (κ2) is 4.58. The number of hydrogen-bond acceptors (Lipinski definition) is 4. The van der Waals surface area contributed by atoms with Crippen LogP contribution in [-0.4, -0.2) is 33.5 Å². The first-order valence-electron chi connectivity index (χ1n) is 6.32. The van der Waals surface area contributed by atoms with E-state index in [9.17, 15) is 19.2 Å². The van der Waals surface area contributed by atoms with Gasteiger partial charge in [0.05, 0.1) is 11.0 Å². The fourth-order valence-electron chi connectivity index (χ4n) is 2.60. The van der Waals surface area contributed by atoms with E-state index in [-0.39, 0.29) is 0 Å². The van der Waals surface area contributed by atoms with Gasteiger partial charge in [0.25, 0.3) is 0 Å². The van der Waals surface area contributed by atoms with Gasteiger partial charge < -0.3 is 20.0 Å². The Balaban J connectivity index is 2.26. The van der Waals surface area contributed by atoms with Crippen molar-refractivity contribution in [2.45, 2.75) is 12.8 Å². The fraction of sp³-hybridized carbons (Fsp3) is 0.231. The maximum atomic E-state index is 11.7. The molecule has 8 heteroatoms. The highest BCUT2D eigenvalue weighted by atomic mass is 16.4. The molecule has 21 heavy (non-hydrogen) atoms. The van der Waals surface area contributed by atoms with E-state index in [4.69, 9.17) is 5.11 Å². The Morgan fingerprint density at radius 1 is 1.14 bits per heavy atom. The normalized spacial score (nSPS) is 14.0. The first-order valence-corrected chi connectivity index (χ1v) is 6.32. The smallest absolute Gasteiger partial charge is 0.394 e. The van der Waals surface area contributed by atoms with Gasteiger partial charge in [0.15, 0.2) is 0 Å². The standard InChI is InChI=1S/C13H11N3O5/c17-10-11(18)15-9-6-2-1-5-16(12(19)13(20)21)8(6)4-3-7(9)14-10/h3-4H,1-2,5H2,(H,14,17)(H,15,18)(H,20,21). The summed E-state index contributed by atoms with van der Waals surface area (Å²) in [7, 11) is 0. The van der Waals surface area contributed by atoms with E-state index in [1.54, 1.807) is 12.1 Å². The summed E-state index contributed by atoms with van der Waals surface area (Å²) in [6.07, 6.45) is 1.16. The highest BCUT2D eigenvalue weighted by molar-refractivity contribution is 6.37. The molecule has 0 aliphatic carbocycles. The molecule has 2 aromatic rings. The van der Waals surface area contributed by atoms with Crippen molar-refractivity contribution in [3.63, 3.8) is 0 Å². The molecule has 0 saturated carbocycles. The monoisotopic (exact) mass is 289 g/mol. The average Bonchev–Trinajstić information content (AvgIpc) is 2.47. The Morgan fingerprint density at radius 3 is 2.57 bits per heavy atom. The molecule has 8 nitrogen and oxygen atoms in total. The summed E-state index contributed by atoms with van der Waals surface area (Å²) in [5, 5.41) is 8.86. The van der Waals surface area contributed by atoms with E-state index in [1.165, 1.54) is 4.90 Å². The molecule has 0 radical (unpaired) electrons. The minimum atomic E-state index is -1.53. The summed E-state index contributed by atoms with van der Waals surface area (Å²) in [6, 6.07) is 3.12. The second-order valence-electron chi connectivity index (χ2n) is 4.76. The first-order chi connectivity index (χ1) is 9.99. The van der Waals surface area contributed by atoms with Gasteiger partial charge in [-0.15, -0.1) is 0 Å². The third-order valence-electron chi connectivity index (χ3n) is 3.51. The maximum absolute atomic E-state index is 11.7. The number of benzene rings is 1. The number of aliphatic carboxylic acids is 1. The lowest BCUT2D eigenvalue weighted by Gasteiger charge is -2.28. The predicted molar refractivity (Wildman–Crippen MR) is 73.5 cm³/mol. The van der Waals surface area contributed by atoms with Crippen molar-refractivity contribution in [1.29, 1.82) is 0 Å². The number of carboxylic acids is 1. The quantitative estimate of drug-likeness (QED) is 0.568. The number of carbonyl (C=O) groups excluding carboxylic acids is 1.